The molecule has 126 valence electrons. The van der Waals surface area contributed by atoms with Gasteiger partial charge in [-0.25, -0.2) is 9.59 Å². The molecular weight excluding hydrogens is 356 g/mol. The van der Waals surface area contributed by atoms with Gasteiger partial charge in [-0.1, -0.05) is 29.8 Å². The minimum atomic E-state index is -5.17. The van der Waals surface area contributed by atoms with E-state index < -0.39 is 38.3 Å². The number of carbonyl (C=O) groups is 2. The molecule has 0 aromatic heterocycles. The van der Waals surface area contributed by atoms with Gasteiger partial charge < -0.3 is 8.37 Å². The summed E-state index contributed by atoms with van der Waals surface area (Å²) in [6, 6.07) is 5.59. The average molecular weight is 366 g/mol. The van der Waals surface area contributed by atoms with Crippen molar-refractivity contribution in [2.75, 3.05) is 0 Å². The van der Waals surface area contributed by atoms with Crippen molar-refractivity contribution in [2.45, 2.75) is 6.92 Å². The van der Waals surface area contributed by atoms with Gasteiger partial charge in [-0.2, -0.15) is 16.8 Å². The lowest BCUT2D eigenvalue weighted by Crippen LogP contribution is -2.16. The molecule has 0 radical (unpaired) electrons. The number of hydrogen-bond acceptors (Lipinski definition) is 8. The second kappa shape index (κ2) is 6.87. The molecule has 1 rings (SSSR count). The highest BCUT2D eigenvalue weighted by atomic mass is 32.3. The third-order valence-corrected chi connectivity index (χ3v) is 2.95. The quantitative estimate of drug-likeness (QED) is 0.538. The maximum Gasteiger partial charge on any atom is 0.449 e. The van der Waals surface area contributed by atoms with E-state index in [1.54, 1.807) is 6.92 Å². The first-order chi connectivity index (χ1) is 10.4. The summed E-state index contributed by atoms with van der Waals surface area (Å²) in [7, 11) is -10.3. The molecule has 1 aromatic carbocycles. The Morgan fingerprint density at radius 3 is 1.87 bits per heavy atom. The Kier molecular flexibility index (Phi) is 5.60. The van der Waals surface area contributed by atoms with E-state index in [0.717, 1.165) is 5.56 Å². The van der Waals surface area contributed by atoms with Gasteiger partial charge in [0.2, 0.25) is 0 Å². The molecule has 0 fully saturated rings. The van der Waals surface area contributed by atoms with Crippen LogP contribution in [0.5, 0.6) is 0 Å². The number of rotatable bonds is 5. The monoisotopic (exact) mass is 366 g/mol. The number of carbonyl (C=O) groups excluding carboxylic acids is 2. The van der Waals surface area contributed by atoms with Crippen LogP contribution in [0.4, 0.5) is 0 Å². The number of hydrogen-bond donors (Lipinski definition) is 2. The molecule has 0 aliphatic heterocycles. The number of benzene rings is 1. The normalized spacial score (nSPS) is 12.6. The van der Waals surface area contributed by atoms with Crippen molar-refractivity contribution >= 4 is 38.3 Å². The Hall–Kier alpha value is -2.28. The lowest BCUT2D eigenvalue weighted by Gasteiger charge is -2.06. The molecule has 2 N–H and O–H groups in total. The van der Waals surface area contributed by atoms with Gasteiger partial charge in [-0.15, -0.1) is 0 Å². The fourth-order valence-electron chi connectivity index (χ4n) is 1.38. The molecule has 0 saturated carbocycles. The smallest absolute Gasteiger partial charge is 0.321 e. The molecule has 0 aliphatic carbocycles. The predicted molar refractivity (Wildman–Crippen MR) is 74.4 cm³/mol. The molecule has 0 saturated heterocycles. The van der Waals surface area contributed by atoms with Crippen molar-refractivity contribution < 1.29 is 43.9 Å². The minimum absolute atomic E-state index is 0.0310. The van der Waals surface area contributed by atoms with E-state index >= 15 is 0 Å². The molecule has 0 heterocycles. The zero-order valence-corrected chi connectivity index (χ0v) is 13.0. The van der Waals surface area contributed by atoms with E-state index in [0.29, 0.717) is 0 Å². The van der Waals surface area contributed by atoms with Crippen molar-refractivity contribution in [1.29, 1.82) is 0 Å². The summed E-state index contributed by atoms with van der Waals surface area (Å²) in [6.45, 7) is 1.70. The minimum Gasteiger partial charge on any atom is -0.321 e. The average Bonchev–Trinajstić information content (AvgIpc) is 2.33. The van der Waals surface area contributed by atoms with E-state index in [9.17, 15) is 26.4 Å². The highest BCUT2D eigenvalue weighted by molar-refractivity contribution is 7.81. The van der Waals surface area contributed by atoms with Crippen molar-refractivity contribution in [1.82, 2.24) is 0 Å². The summed E-state index contributed by atoms with van der Waals surface area (Å²) in [4.78, 5) is 23.0. The van der Waals surface area contributed by atoms with E-state index in [1.807, 2.05) is 0 Å². The number of aryl methyl sites for hydroxylation is 1. The molecular formula is C11H10O10S2. The zero-order valence-electron chi connectivity index (χ0n) is 11.4. The Bertz CT molecular complexity index is 847. The third-order valence-electron chi connectivity index (χ3n) is 2.21. The maximum absolute atomic E-state index is 11.7. The van der Waals surface area contributed by atoms with Crippen molar-refractivity contribution in [3.05, 3.63) is 41.5 Å². The highest BCUT2D eigenvalue weighted by Gasteiger charge is 2.22. The van der Waals surface area contributed by atoms with Gasteiger partial charge in [0.05, 0.1) is 5.57 Å². The van der Waals surface area contributed by atoms with Gasteiger partial charge in [0.15, 0.2) is 0 Å². The Morgan fingerprint density at radius 2 is 1.43 bits per heavy atom. The summed E-state index contributed by atoms with van der Waals surface area (Å²) < 4.78 is 66.2. The molecule has 0 spiro atoms. The molecule has 1 aromatic rings. The summed E-state index contributed by atoms with van der Waals surface area (Å²) >= 11 is 0. The fourth-order valence-corrected chi connectivity index (χ4v) is 1.92. The van der Waals surface area contributed by atoms with Crippen LogP contribution in [-0.2, 0) is 38.8 Å². The van der Waals surface area contributed by atoms with Gasteiger partial charge in [-0.3, -0.25) is 9.11 Å². The fraction of sp³-hybridized carbons (Fsp3) is 0.0909. The van der Waals surface area contributed by atoms with Crippen molar-refractivity contribution in [2.24, 2.45) is 0 Å². The van der Waals surface area contributed by atoms with Crippen LogP contribution in [0.25, 0.3) is 5.57 Å². The van der Waals surface area contributed by atoms with Gasteiger partial charge in [0.1, 0.15) is 0 Å². The largest absolute Gasteiger partial charge is 0.449 e. The topological polar surface area (TPSA) is 161 Å². The molecule has 12 heteroatoms. The summed E-state index contributed by atoms with van der Waals surface area (Å²) in [5.74, 6) is -3.35. The van der Waals surface area contributed by atoms with Gasteiger partial charge in [-0.05, 0) is 12.5 Å². The van der Waals surface area contributed by atoms with Crippen LogP contribution in [0.2, 0.25) is 0 Å². The third kappa shape index (κ3) is 7.01. The lowest BCUT2D eigenvalue weighted by molar-refractivity contribution is -0.131. The first kappa shape index (κ1) is 18.8. The predicted octanol–water partition coefficient (Wildman–Crippen LogP) is 0.0704. The summed E-state index contributed by atoms with van der Waals surface area (Å²) in [5, 5.41) is 0. The Morgan fingerprint density at radius 1 is 0.957 bits per heavy atom. The lowest BCUT2D eigenvalue weighted by atomic mass is 10.0. The van der Waals surface area contributed by atoms with Crippen molar-refractivity contribution in [3.63, 3.8) is 0 Å². The molecule has 0 bridgehead atoms. The first-order valence-corrected chi connectivity index (χ1v) is 8.31. The van der Waals surface area contributed by atoms with Crippen LogP contribution < -0.4 is 0 Å². The van der Waals surface area contributed by atoms with Gasteiger partial charge in [0.25, 0.3) is 0 Å². The standard InChI is InChI=1S/C11H10O10S2/c1-7-2-4-8(5-3-7)9(11(13)21-23(17,18)19)6-10(12)20-22(14,15)16/h2-6H,1H3,(H,14,15,16)(H,17,18,19)/b9-6-. The second-order valence-electron chi connectivity index (χ2n) is 4.05. The first-order valence-electron chi connectivity index (χ1n) is 5.58. The molecule has 0 atom stereocenters. The Labute approximate surface area is 131 Å². The zero-order chi connectivity index (χ0) is 17.8. The molecule has 0 aliphatic rings. The van der Waals surface area contributed by atoms with Crippen LogP contribution in [0.1, 0.15) is 11.1 Å². The molecule has 23 heavy (non-hydrogen) atoms. The van der Waals surface area contributed by atoms with Crippen molar-refractivity contribution in [3.8, 4) is 0 Å². The van der Waals surface area contributed by atoms with E-state index in [1.165, 1.54) is 24.3 Å². The second-order valence-corrected chi connectivity index (χ2v) is 6.10. The van der Waals surface area contributed by atoms with E-state index in [-0.39, 0.29) is 11.6 Å². The van der Waals surface area contributed by atoms with Crippen LogP contribution in [0, 0.1) is 6.92 Å². The summed E-state index contributed by atoms with van der Waals surface area (Å²) in [6.07, 6.45) is 0.284. The van der Waals surface area contributed by atoms with Gasteiger partial charge in [0, 0.05) is 6.08 Å². The molecule has 0 amide bonds. The van der Waals surface area contributed by atoms with Crippen LogP contribution in [0.15, 0.2) is 30.3 Å². The summed E-state index contributed by atoms with van der Waals surface area (Å²) in [5.41, 5.74) is 0.00423. The molecule has 0 unspecified atom stereocenters. The Balaban J connectivity index is 3.28. The maximum atomic E-state index is 11.7. The molecule has 10 nitrogen and oxygen atoms in total. The van der Waals surface area contributed by atoms with Crippen LogP contribution in [-0.4, -0.2) is 37.9 Å². The van der Waals surface area contributed by atoms with Crippen LogP contribution in [0.3, 0.4) is 0 Å². The van der Waals surface area contributed by atoms with Crippen LogP contribution >= 0.6 is 0 Å². The van der Waals surface area contributed by atoms with E-state index in [4.69, 9.17) is 9.11 Å². The SMILES string of the molecule is Cc1ccc(/C(=C/C(=O)OS(=O)(=O)O)C(=O)OS(=O)(=O)O)cc1. The van der Waals surface area contributed by atoms with Gasteiger partial charge >= 0.3 is 32.7 Å². The highest BCUT2D eigenvalue weighted by Crippen LogP contribution is 2.18. The van der Waals surface area contributed by atoms with E-state index in [2.05, 4.69) is 8.37 Å².